The zero-order valence-electron chi connectivity index (χ0n) is 10.7. The summed E-state index contributed by atoms with van der Waals surface area (Å²) in [5.41, 5.74) is 2.70. The molecule has 0 aliphatic carbocycles. The number of aromatic nitrogens is 2. The van der Waals surface area contributed by atoms with Crippen molar-refractivity contribution in [2.75, 3.05) is 0 Å². The summed E-state index contributed by atoms with van der Waals surface area (Å²) in [6, 6.07) is 7.85. The number of hydrogen-bond acceptors (Lipinski definition) is 2. The molecule has 0 saturated carbocycles. The lowest BCUT2D eigenvalue weighted by atomic mass is 10.1. The van der Waals surface area contributed by atoms with Crippen LogP contribution in [-0.2, 0) is 0 Å². The monoisotopic (exact) mass is 244 g/mol. The largest absolute Gasteiger partial charge is 0.478 e. The molecule has 1 aromatic heterocycles. The van der Waals surface area contributed by atoms with Crippen molar-refractivity contribution in [3.05, 3.63) is 41.6 Å². The van der Waals surface area contributed by atoms with Crippen molar-refractivity contribution < 1.29 is 9.90 Å². The Morgan fingerprint density at radius 2 is 2.11 bits per heavy atom. The van der Waals surface area contributed by atoms with Gasteiger partial charge in [-0.15, -0.1) is 0 Å². The maximum Gasteiger partial charge on any atom is 0.339 e. The van der Waals surface area contributed by atoms with Gasteiger partial charge in [-0.1, -0.05) is 23.8 Å². The van der Waals surface area contributed by atoms with Gasteiger partial charge in [-0.2, -0.15) is 5.10 Å². The quantitative estimate of drug-likeness (QED) is 0.902. The number of benzene rings is 1. The third kappa shape index (κ3) is 2.27. The molecule has 0 atom stereocenters. The molecule has 94 valence electrons. The molecule has 0 spiro atoms. The van der Waals surface area contributed by atoms with Crippen molar-refractivity contribution in [1.82, 2.24) is 9.78 Å². The summed E-state index contributed by atoms with van der Waals surface area (Å²) >= 11 is 0. The van der Waals surface area contributed by atoms with Crippen LogP contribution in [0.2, 0.25) is 0 Å². The summed E-state index contributed by atoms with van der Waals surface area (Å²) in [6.07, 6.45) is 1.59. The number of carbonyl (C=O) groups is 1. The first-order valence-corrected chi connectivity index (χ1v) is 5.88. The van der Waals surface area contributed by atoms with E-state index in [0.717, 1.165) is 11.1 Å². The first kappa shape index (κ1) is 12.4. The Labute approximate surface area is 106 Å². The predicted octanol–water partition coefficient (Wildman–Crippen LogP) is 3.14. The molecule has 18 heavy (non-hydrogen) atoms. The Hall–Kier alpha value is -2.10. The number of rotatable bonds is 3. The molecule has 0 saturated heterocycles. The highest BCUT2D eigenvalue weighted by Gasteiger charge is 2.17. The molecule has 0 aliphatic rings. The Kier molecular flexibility index (Phi) is 3.19. The molecule has 1 aromatic carbocycles. The van der Waals surface area contributed by atoms with Gasteiger partial charge in [0.15, 0.2) is 0 Å². The summed E-state index contributed by atoms with van der Waals surface area (Å²) in [5, 5.41) is 13.6. The van der Waals surface area contributed by atoms with Crippen molar-refractivity contribution in [2.45, 2.75) is 26.8 Å². The fraction of sp³-hybridized carbons (Fsp3) is 0.286. The van der Waals surface area contributed by atoms with Crippen LogP contribution in [0.5, 0.6) is 0 Å². The van der Waals surface area contributed by atoms with Gasteiger partial charge in [0.25, 0.3) is 0 Å². The molecule has 4 nitrogen and oxygen atoms in total. The van der Waals surface area contributed by atoms with Crippen molar-refractivity contribution in [3.63, 3.8) is 0 Å². The van der Waals surface area contributed by atoms with Crippen LogP contribution in [0.15, 0.2) is 30.5 Å². The fourth-order valence-electron chi connectivity index (χ4n) is 1.82. The number of hydrogen-bond donors (Lipinski definition) is 1. The standard InChI is InChI=1S/C14H16N2O2/c1-9(2)16-8-12(14(17)18)13(15-16)11-6-4-5-10(3)7-11/h4-9H,1-3H3,(H,17,18). The van der Waals surface area contributed by atoms with Gasteiger partial charge in [-0.25, -0.2) is 4.79 Å². The van der Waals surface area contributed by atoms with Crippen LogP contribution in [0.3, 0.4) is 0 Å². The zero-order chi connectivity index (χ0) is 13.3. The number of carboxylic acids is 1. The van der Waals surface area contributed by atoms with Gasteiger partial charge < -0.3 is 5.11 Å². The minimum absolute atomic E-state index is 0.140. The lowest BCUT2D eigenvalue weighted by molar-refractivity contribution is 0.0697. The molecule has 2 aromatic rings. The summed E-state index contributed by atoms with van der Waals surface area (Å²) in [6.45, 7) is 5.92. The van der Waals surface area contributed by atoms with Gasteiger partial charge in [0.05, 0.1) is 0 Å². The third-order valence-corrected chi connectivity index (χ3v) is 2.78. The van der Waals surface area contributed by atoms with E-state index in [-0.39, 0.29) is 11.6 Å². The number of aryl methyl sites for hydroxylation is 1. The van der Waals surface area contributed by atoms with E-state index in [1.807, 2.05) is 45.0 Å². The number of aromatic carboxylic acids is 1. The van der Waals surface area contributed by atoms with Crippen LogP contribution in [0.4, 0.5) is 0 Å². The third-order valence-electron chi connectivity index (χ3n) is 2.78. The van der Waals surface area contributed by atoms with Crippen molar-refractivity contribution in [2.24, 2.45) is 0 Å². The highest BCUT2D eigenvalue weighted by molar-refractivity contribution is 5.94. The van der Waals surface area contributed by atoms with Crippen molar-refractivity contribution >= 4 is 5.97 Å². The van der Waals surface area contributed by atoms with Gasteiger partial charge in [-0.05, 0) is 26.8 Å². The second kappa shape index (κ2) is 4.64. The molecule has 2 rings (SSSR count). The fourth-order valence-corrected chi connectivity index (χ4v) is 1.82. The summed E-state index contributed by atoms with van der Waals surface area (Å²) in [7, 11) is 0. The normalized spacial score (nSPS) is 10.9. The lowest BCUT2D eigenvalue weighted by Crippen LogP contribution is -2.00. The molecular weight excluding hydrogens is 228 g/mol. The van der Waals surface area contributed by atoms with Crippen LogP contribution in [-0.4, -0.2) is 20.9 Å². The average Bonchev–Trinajstić information content (AvgIpc) is 2.73. The van der Waals surface area contributed by atoms with E-state index in [1.54, 1.807) is 10.9 Å². The minimum Gasteiger partial charge on any atom is -0.478 e. The lowest BCUT2D eigenvalue weighted by Gasteiger charge is -2.03. The highest BCUT2D eigenvalue weighted by Crippen LogP contribution is 2.24. The highest BCUT2D eigenvalue weighted by atomic mass is 16.4. The Bertz CT molecular complexity index is 585. The topological polar surface area (TPSA) is 55.1 Å². The van der Waals surface area contributed by atoms with Gasteiger partial charge in [0.2, 0.25) is 0 Å². The Morgan fingerprint density at radius 3 is 2.67 bits per heavy atom. The van der Waals surface area contributed by atoms with Crippen LogP contribution in [0, 0.1) is 6.92 Å². The minimum atomic E-state index is -0.946. The second-order valence-corrected chi connectivity index (χ2v) is 4.64. The van der Waals surface area contributed by atoms with Gasteiger partial charge in [0.1, 0.15) is 11.3 Å². The number of nitrogens with zero attached hydrogens (tertiary/aromatic N) is 2. The van der Waals surface area contributed by atoms with Crippen LogP contribution in [0.1, 0.15) is 35.8 Å². The van der Waals surface area contributed by atoms with Crippen LogP contribution in [0.25, 0.3) is 11.3 Å². The molecule has 1 N–H and O–H groups in total. The van der Waals surface area contributed by atoms with E-state index in [1.165, 1.54) is 0 Å². The SMILES string of the molecule is Cc1cccc(-c2nn(C(C)C)cc2C(=O)O)c1. The zero-order valence-corrected chi connectivity index (χ0v) is 10.7. The van der Waals surface area contributed by atoms with Gasteiger partial charge in [-0.3, -0.25) is 4.68 Å². The van der Waals surface area contributed by atoms with E-state index in [2.05, 4.69) is 5.10 Å². The molecule has 1 heterocycles. The smallest absolute Gasteiger partial charge is 0.339 e. The predicted molar refractivity (Wildman–Crippen MR) is 69.7 cm³/mol. The summed E-state index contributed by atoms with van der Waals surface area (Å²) in [4.78, 5) is 11.3. The maximum absolute atomic E-state index is 11.3. The van der Waals surface area contributed by atoms with E-state index >= 15 is 0 Å². The van der Waals surface area contributed by atoms with Gasteiger partial charge >= 0.3 is 5.97 Å². The molecule has 0 fully saturated rings. The average molecular weight is 244 g/mol. The summed E-state index contributed by atoms with van der Waals surface area (Å²) < 4.78 is 1.68. The van der Waals surface area contributed by atoms with Crippen molar-refractivity contribution in [3.8, 4) is 11.3 Å². The summed E-state index contributed by atoms with van der Waals surface area (Å²) in [5.74, 6) is -0.946. The molecule has 0 bridgehead atoms. The molecule has 0 radical (unpaired) electrons. The molecule has 0 unspecified atom stereocenters. The van der Waals surface area contributed by atoms with Crippen LogP contribution >= 0.6 is 0 Å². The van der Waals surface area contributed by atoms with Gasteiger partial charge in [0, 0.05) is 17.8 Å². The van der Waals surface area contributed by atoms with Crippen molar-refractivity contribution in [1.29, 1.82) is 0 Å². The van der Waals surface area contributed by atoms with E-state index in [9.17, 15) is 9.90 Å². The number of carboxylic acid groups (broad SMARTS) is 1. The Morgan fingerprint density at radius 1 is 1.39 bits per heavy atom. The van der Waals surface area contributed by atoms with Crippen LogP contribution < -0.4 is 0 Å². The first-order valence-electron chi connectivity index (χ1n) is 5.88. The molecule has 0 aliphatic heterocycles. The molecule has 0 amide bonds. The first-order chi connectivity index (χ1) is 8.49. The maximum atomic E-state index is 11.3. The van der Waals surface area contributed by atoms with E-state index in [4.69, 9.17) is 0 Å². The van der Waals surface area contributed by atoms with E-state index in [0.29, 0.717) is 5.69 Å². The molecule has 4 heteroatoms. The van der Waals surface area contributed by atoms with E-state index < -0.39 is 5.97 Å². The Balaban J connectivity index is 2.58. The second-order valence-electron chi connectivity index (χ2n) is 4.64. The molecular formula is C14H16N2O2.